The molecule has 8 heteroatoms. The molecule has 0 spiro atoms. The van der Waals surface area contributed by atoms with Crippen LogP contribution in [-0.2, 0) is 38.0 Å². The number of carbonyl (C=O) groups is 2. The Morgan fingerprint density at radius 1 is 0.400 bits per heavy atom. The van der Waals surface area contributed by atoms with Gasteiger partial charge in [-0.1, -0.05) is 90.9 Å². The van der Waals surface area contributed by atoms with Gasteiger partial charge in [0.1, 0.15) is 6.42 Å². The maximum Gasteiger partial charge on any atom is 0.317 e. The molecule has 0 rings (SSSR count). The second-order valence-corrected chi connectivity index (χ2v) is 12.1. The van der Waals surface area contributed by atoms with Crippen LogP contribution in [0, 0.1) is 0 Å². The van der Waals surface area contributed by atoms with Crippen molar-refractivity contribution in [2.45, 2.75) is 188 Å². The molecule has 0 saturated carbocycles. The average Bonchev–Trinajstić information content (AvgIpc) is 3.01. The van der Waals surface area contributed by atoms with Crippen LogP contribution in [0.2, 0.25) is 0 Å². The van der Waals surface area contributed by atoms with Gasteiger partial charge in [0.25, 0.3) is 0 Å². The Kier molecular flexibility index (Phi) is 29.3. The van der Waals surface area contributed by atoms with Crippen molar-refractivity contribution in [2.75, 3.05) is 39.6 Å². The predicted octanol–water partition coefficient (Wildman–Crippen LogP) is 9.84. The minimum absolute atomic E-state index is 0.217. The summed E-state index contributed by atoms with van der Waals surface area (Å²) in [5.74, 6) is -2.43. The molecule has 0 fully saturated rings. The lowest BCUT2D eigenvalue weighted by atomic mass is 10.0. The van der Waals surface area contributed by atoms with E-state index in [2.05, 4.69) is 13.8 Å². The molecule has 0 aliphatic rings. The van der Waals surface area contributed by atoms with E-state index in [0.717, 1.165) is 25.7 Å². The lowest BCUT2D eigenvalue weighted by molar-refractivity contribution is -0.243. The Morgan fingerprint density at radius 3 is 1.00 bits per heavy atom. The minimum atomic E-state index is -0.648. The Hall–Kier alpha value is -1.22. The summed E-state index contributed by atoms with van der Waals surface area (Å²) in [5.41, 5.74) is 0. The number of esters is 2. The van der Waals surface area contributed by atoms with Crippen molar-refractivity contribution in [3.63, 3.8) is 0 Å². The normalized spacial score (nSPS) is 12.0. The zero-order valence-electron chi connectivity index (χ0n) is 30.4. The van der Waals surface area contributed by atoms with Crippen LogP contribution in [0.4, 0.5) is 0 Å². The van der Waals surface area contributed by atoms with Crippen molar-refractivity contribution in [2.24, 2.45) is 0 Å². The second kappa shape index (κ2) is 30.1. The van der Waals surface area contributed by atoms with E-state index in [1.807, 2.05) is 27.7 Å². The van der Waals surface area contributed by atoms with Crippen molar-refractivity contribution in [3.05, 3.63) is 0 Å². The van der Waals surface area contributed by atoms with Crippen molar-refractivity contribution >= 4 is 11.9 Å². The Balaban J connectivity index is 4.48. The fourth-order valence-electron chi connectivity index (χ4n) is 5.94. The van der Waals surface area contributed by atoms with E-state index in [-0.39, 0.29) is 19.6 Å². The van der Waals surface area contributed by atoms with Crippen LogP contribution in [0.25, 0.3) is 0 Å². The molecule has 0 atom stereocenters. The van der Waals surface area contributed by atoms with Gasteiger partial charge >= 0.3 is 11.9 Å². The fourth-order valence-corrected chi connectivity index (χ4v) is 5.94. The van der Waals surface area contributed by atoms with E-state index in [1.165, 1.54) is 77.0 Å². The molecule has 0 radical (unpaired) electrons. The largest absolute Gasteiger partial charge is 0.465 e. The van der Waals surface area contributed by atoms with Gasteiger partial charge in [-0.25, -0.2) is 0 Å². The topological polar surface area (TPSA) is 89.5 Å². The van der Waals surface area contributed by atoms with Crippen LogP contribution in [-0.4, -0.2) is 63.2 Å². The molecule has 0 unspecified atom stereocenters. The summed E-state index contributed by atoms with van der Waals surface area (Å²) in [6.45, 7) is 15.1. The van der Waals surface area contributed by atoms with Crippen LogP contribution in [0.5, 0.6) is 0 Å². The van der Waals surface area contributed by atoms with Gasteiger partial charge in [-0.2, -0.15) is 0 Å². The van der Waals surface area contributed by atoms with Gasteiger partial charge in [-0.15, -0.1) is 0 Å². The predicted molar refractivity (Wildman–Crippen MR) is 182 cm³/mol. The minimum Gasteiger partial charge on any atom is -0.465 e. The smallest absolute Gasteiger partial charge is 0.317 e. The van der Waals surface area contributed by atoms with Crippen LogP contribution >= 0.6 is 0 Å². The summed E-state index contributed by atoms with van der Waals surface area (Å²) in [5, 5.41) is 0. The first-order valence-electron chi connectivity index (χ1n) is 18.7. The monoisotopic (exact) mass is 645 g/mol. The number of hydrogen-bond donors (Lipinski definition) is 0. The zero-order chi connectivity index (χ0) is 33.5. The highest BCUT2D eigenvalue weighted by atomic mass is 16.7. The first-order chi connectivity index (χ1) is 21.9. The third-order valence-electron chi connectivity index (χ3n) is 8.17. The van der Waals surface area contributed by atoms with Crippen molar-refractivity contribution < 1.29 is 38.0 Å². The molecule has 0 N–H and O–H groups in total. The molecule has 268 valence electrons. The number of unbranched alkanes of at least 4 members (excludes halogenated alkanes) is 12. The zero-order valence-corrected chi connectivity index (χ0v) is 30.4. The molecule has 8 nitrogen and oxygen atoms in total. The highest BCUT2D eigenvalue weighted by molar-refractivity contribution is 5.91. The number of hydrogen-bond acceptors (Lipinski definition) is 8. The van der Waals surface area contributed by atoms with Gasteiger partial charge in [0.15, 0.2) is 11.6 Å². The molecule has 0 aliphatic heterocycles. The molecular formula is C37H72O8. The third-order valence-corrected chi connectivity index (χ3v) is 8.17. The molecule has 0 aromatic rings. The summed E-state index contributed by atoms with van der Waals surface area (Å²) in [7, 11) is 0. The van der Waals surface area contributed by atoms with Crippen molar-refractivity contribution in [3.8, 4) is 0 Å². The molecule has 45 heavy (non-hydrogen) atoms. The Morgan fingerprint density at radius 2 is 0.689 bits per heavy atom. The van der Waals surface area contributed by atoms with E-state index in [0.29, 0.717) is 52.1 Å². The van der Waals surface area contributed by atoms with Gasteiger partial charge in [-0.3, -0.25) is 9.59 Å². The van der Waals surface area contributed by atoms with Crippen LogP contribution in [0.15, 0.2) is 0 Å². The summed E-state index contributed by atoms with van der Waals surface area (Å²) < 4.78 is 35.1. The van der Waals surface area contributed by atoms with Gasteiger partial charge in [0.05, 0.1) is 13.2 Å². The quantitative estimate of drug-likeness (QED) is 0.0296. The SMILES string of the molecule is CCCCCCCCCC(CCCOC(=O)CC(=O)OCCCC(CCCCCCCCC)(OCC)OCC)(OCC)OCC. The van der Waals surface area contributed by atoms with Crippen molar-refractivity contribution in [1.29, 1.82) is 0 Å². The fraction of sp³-hybridized carbons (Fsp3) is 0.946. The molecule has 0 aromatic heterocycles. The maximum absolute atomic E-state index is 12.3. The van der Waals surface area contributed by atoms with E-state index < -0.39 is 23.5 Å². The van der Waals surface area contributed by atoms with E-state index in [1.54, 1.807) is 0 Å². The second-order valence-electron chi connectivity index (χ2n) is 12.1. The molecule has 0 amide bonds. The summed E-state index contributed by atoms with van der Waals surface area (Å²) in [6, 6.07) is 0. The number of carbonyl (C=O) groups excluding carboxylic acids is 2. The highest BCUT2D eigenvalue weighted by Crippen LogP contribution is 2.29. The first kappa shape index (κ1) is 43.8. The highest BCUT2D eigenvalue weighted by Gasteiger charge is 2.31. The van der Waals surface area contributed by atoms with Gasteiger partial charge < -0.3 is 28.4 Å². The van der Waals surface area contributed by atoms with Gasteiger partial charge in [0, 0.05) is 52.1 Å². The van der Waals surface area contributed by atoms with Crippen LogP contribution in [0.3, 0.4) is 0 Å². The Bertz CT molecular complexity index is 615. The molecule has 0 bridgehead atoms. The first-order valence-corrected chi connectivity index (χ1v) is 18.7. The summed E-state index contributed by atoms with van der Waals surface area (Å²) in [6.07, 6.45) is 21.0. The molecule has 0 saturated heterocycles. The van der Waals surface area contributed by atoms with E-state index in [9.17, 15) is 9.59 Å². The van der Waals surface area contributed by atoms with Crippen molar-refractivity contribution in [1.82, 2.24) is 0 Å². The van der Waals surface area contributed by atoms with Crippen LogP contribution < -0.4 is 0 Å². The standard InChI is InChI=1S/C37H72O8/c1-7-13-15-17-19-21-23-27-36(42-9-3,43-10-4)29-25-31-40-34(38)33-35(39)41-32-26-30-37(44-11-5,45-12-6)28-24-22-20-18-16-14-8-2/h7-33H2,1-6H3. The Labute approximate surface area is 277 Å². The summed E-state index contributed by atoms with van der Waals surface area (Å²) >= 11 is 0. The average molecular weight is 645 g/mol. The molecular weight excluding hydrogens is 572 g/mol. The summed E-state index contributed by atoms with van der Waals surface area (Å²) in [4.78, 5) is 24.6. The molecule has 0 heterocycles. The van der Waals surface area contributed by atoms with Gasteiger partial charge in [-0.05, 0) is 53.4 Å². The molecule has 0 aromatic carbocycles. The maximum atomic E-state index is 12.3. The molecule has 0 aliphatic carbocycles. The number of rotatable bonds is 34. The lowest BCUT2D eigenvalue weighted by Gasteiger charge is -2.33. The van der Waals surface area contributed by atoms with Gasteiger partial charge in [0.2, 0.25) is 0 Å². The number of ether oxygens (including phenoxy) is 6. The third kappa shape index (κ3) is 23.7. The van der Waals surface area contributed by atoms with E-state index >= 15 is 0 Å². The lowest BCUT2D eigenvalue weighted by Crippen LogP contribution is -2.37. The van der Waals surface area contributed by atoms with E-state index in [4.69, 9.17) is 28.4 Å². The van der Waals surface area contributed by atoms with Crippen LogP contribution in [0.1, 0.15) is 176 Å².